The van der Waals surface area contributed by atoms with Crippen LogP contribution < -0.4 is 16.8 Å². The number of Topliss-reactive ketones (excluding diaryl/α,β-unsaturated/α-hetero) is 1. The number of carbonyl (C=O) groups is 1. The molecule has 37 heavy (non-hydrogen) atoms. The Bertz CT molecular complexity index is 1630. The number of aromatic amines is 1. The number of benzene rings is 4. The first-order valence-electron chi connectivity index (χ1n) is 10.9. The molecule has 0 saturated carbocycles. The molecule has 0 radical (unpaired) electrons. The summed E-state index contributed by atoms with van der Waals surface area (Å²) in [5.41, 5.74) is 6.71. The predicted octanol–water partition coefficient (Wildman–Crippen LogP) is 4.56. The molecule has 5 N–H and O–H groups in total. The number of pyridine rings is 1. The standard InChI is InChI=1S/C13H8FNO.C8H9BO3.C6H5BrFN/c14-8-5-6-10-9-3-1-2-4-11(9)13(16)15-12(10)7-8;1-6(10)7-4-2-3-5-8(7)9(11)12;7-5-2-1-4(8)3-6(5)9/h1-7H,(H,15,16);2-5,11-12H,1H3;1-3H,9H2. The van der Waals surface area contributed by atoms with E-state index in [9.17, 15) is 18.4 Å². The highest BCUT2D eigenvalue weighted by Gasteiger charge is 2.16. The zero-order chi connectivity index (χ0) is 27.1. The molecule has 1 heterocycles. The molecule has 1 aromatic heterocycles. The first-order valence-corrected chi connectivity index (χ1v) is 11.7. The van der Waals surface area contributed by atoms with E-state index in [-0.39, 0.29) is 28.4 Å². The lowest BCUT2D eigenvalue weighted by Crippen LogP contribution is -2.34. The number of ketones is 1. The summed E-state index contributed by atoms with van der Waals surface area (Å²) in [6, 6.07) is 22.3. The van der Waals surface area contributed by atoms with Crippen LogP contribution in [0.4, 0.5) is 14.5 Å². The van der Waals surface area contributed by atoms with E-state index in [4.69, 9.17) is 15.8 Å². The predicted molar refractivity (Wildman–Crippen MR) is 147 cm³/mol. The molecule has 0 unspecified atom stereocenters. The summed E-state index contributed by atoms with van der Waals surface area (Å²) in [6.45, 7) is 1.39. The van der Waals surface area contributed by atoms with E-state index < -0.39 is 7.12 Å². The minimum absolute atomic E-state index is 0.168. The second-order valence-electron chi connectivity index (χ2n) is 7.87. The second-order valence-corrected chi connectivity index (χ2v) is 8.73. The van der Waals surface area contributed by atoms with Crippen molar-refractivity contribution >= 4 is 61.7 Å². The number of halogens is 3. The van der Waals surface area contributed by atoms with Gasteiger partial charge in [0.15, 0.2) is 5.78 Å². The highest BCUT2D eigenvalue weighted by atomic mass is 79.9. The van der Waals surface area contributed by atoms with Crippen LogP contribution in [0.25, 0.3) is 21.7 Å². The third kappa shape index (κ3) is 7.10. The Morgan fingerprint density at radius 3 is 2.05 bits per heavy atom. The summed E-state index contributed by atoms with van der Waals surface area (Å²) in [5, 5.41) is 20.0. The Kier molecular flexibility index (Phi) is 9.29. The number of nitrogen functional groups attached to an aromatic ring is 1. The zero-order valence-electron chi connectivity index (χ0n) is 19.6. The molecule has 0 aliphatic carbocycles. The molecule has 0 spiro atoms. The topological polar surface area (TPSA) is 116 Å². The summed E-state index contributed by atoms with van der Waals surface area (Å²) in [5.74, 6) is -0.826. The lowest BCUT2D eigenvalue weighted by molar-refractivity contribution is 0.101. The van der Waals surface area contributed by atoms with Gasteiger partial charge in [0.2, 0.25) is 0 Å². The van der Waals surface area contributed by atoms with Crippen LogP contribution in [0.3, 0.4) is 0 Å². The second kappa shape index (κ2) is 12.4. The fraction of sp³-hybridized carbons (Fsp3) is 0.0370. The van der Waals surface area contributed by atoms with E-state index in [0.717, 1.165) is 15.2 Å². The van der Waals surface area contributed by atoms with Crippen LogP contribution in [-0.4, -0.2) is 27.9 Å². The van der Waals surface area contributed by atoms with Gasteiger partial charge in [-0.25, -0.2) is 8.78 Å². The van der Waals surface area contributed by atoms with Crippen molar-refractivity contribution in [2.24, 2.45) is 0 Å². The van der Waals surface area contributed by atoms with Gasteiger partial charge in [-0.05, 0) is 76.2 Å². The summed E-state index contributed by atoms with van der Waals surface area (Å²) in [4.78, 5) is 25.4. The third-order valence-corrected chi connectivity index (χ3v) is 5.99. The molecule has 0 aliphatic rings. The van der Waals surface area contributed by atoms with Gasteiger partial charge in [-0.15, -0.1) is 0 Å². The van der Waals surface area contributed by atoms with Gasteiger partial charge < -0.3 is 20.8 Å². The zero-order valence-corrected chi connectivity index (χ0v) is 21.2. The molecule has 10 heteroatoms. The number of carbonyl (C=O) groups excluding carboxylic acids is 1. The van der Waals surface area contributed by atoms with Crippen molar-refractivity contribution in [3.8, 4) is 0 Å². The maximum atomic E-state index is 13.0. The number of fused-ring (bicyclic) bond motifs is 3. The van der Waals surface area contributed by atoms with Crippen molar-refractivity contribution in [1.82, 2.24) is 4.98 Å². The Morgan fingerprint density at radius 1 is 0.865 bits per heavy atom. The van der Waals surface area contributed by atoms with E-state index >= 15 is 0 Å². The molecule has 0 bridgehead atoms. The quantitative estimate of drug-likeness (QED) is 0.108. The average molecular weight is 567 g/mol. The highest BCUT2D eigenvalue weighted by molar-refractivity contribution is 9.10. The van der Waals surface area contributed by atoms with Crippen LogP contribution in [0, 0.1) is 11.6 Å². The smallest absolute Gasteiger partial charge is 0.423 e. The number of H-pyrrole nitrogens is 1. The molecule has 0 amide bonds. The lowest BCUT2D eigenvalue weighted by Gasteiger charge is -2.03. The molecule has 0 atom stereocenters. The third-order valence-electron chi connectivity index (χ3n) is 5.27. The fourth-order valence-corrected chi connectivity index (χ4v) is 3.76. The van der Waals surface area contributed by atoms with Crippen LogP contribution in [-0.2, 0) is 0 Å². The summed E-state index contributed by atoms with van der Waals surface area (Å²) in [7, 11) is -1.58. The Balaban J connectivity index is 0.000000162. The number of rotatable bonds is 2. The molecule has 0 fully saturated rings. The Morgan fingerprint density at radius 2 is 1.46 bits per heavy atom. The van der Waals surface area contributed by atoms with Gasteiger partial charge in [-0.1, -0.05) is 42.5 Å². The van der Waals surface area contributed by atoms with Gasteiger partial charge >= 0.3 is 7.12 Å². The number of aromatic nitrogens is 1. The van der Waals surface area contributed by atoms with Gasteiger partial charge in [0, 0.05) is 26.5 Å². The largest absolute Gasteiger partial charge is 0.489 e. The van der Waals surface area contributed by atoms with Crippen molar-refractivity contribution in [1.29, 1.82) is 0 Å². The molecule has 0 saturated heterocycles. The Hall–Kier alpha value is -3.86. The maximum Gasteiger partial charge on any atom is 0.489 e. The van der Waals surface area contributed by atoms with E-state index in [1.54, 1.807) is 36.4 Å². The normalized spacial score (nSPS) is 10.2. The van der Waals surface area contributed by atoms with Crippen LogP contribution in [0.2, 0.25) is 0 Å². The average Bonchev–Trinajstić information content (AvgIpc) is 2.87. The first-order chi connectivity index (χ1) is 17.6. The van der Waals surface area contributed by atoms with E-state index in [1.807, 2.05) is 18.2 Å². The maximum absolute atomic E-state index is 13.0. The number of nitrogens with one attached hydrogen (secondary N) is 1. The van der Waals surface area contributed by atoms with Crippen LogP contribution >= 0.6 is 15.9 Å². The van der Waals surface area contributed by atoms with Crippen molar-refractivity contribution in [3.05, 3.63) is 117 Å². The molecule has 4 aromatic carbocycles. The number of hydrogen-bond donors (Lipinski definition) is 4. The fourth-order valence-electron chi connectivity index (χ4n) is 3.52. The van der Waals surface area contributed by atoms with Gasteiger partial charge in [-0.3, -0.25) is 9.59 Å². The van der Waals surface area contributed by atoms with Crippen LogP contribution in [0.5, 0.6) is 0 Å². The summed E-state index contributed by atoms with van der Waals surface area (Å²) < 4.78 is 26.0. The minimum Gasteiger partial charge on any atom is -0.423 e. The van der Waals surface area contributed by atoms with Crippen molar-refractivity contribution < 1.29 is 23.6 Å². The Labute approximate surface area is 219 Å². The molecule has 5 rings (SSSR count). The van der Waals surface area contributed by atoms with E-state index in [1.165, 1.54) is 37.3 Å². The highest BCUT2D eigenvalue weighted by Crippen LogP contribution is 2.21. The first kappa shape index (κ1) is 27.7. The monoisotopic (exact) mass is 566 g/mol. The lowest BCUT2D eigenvalue weighted by atomic mass is 9.76. The van der Waals surface area contributed by atoms with Gasteiger partial charge in [-0.2, -0.15) is 0 Å². The van der Waals surface area contributed by atoms with Gasteiger partial charge in [0.1, 0.15) is 11.6 Å². The molecular formula is C27H22BBrF2N2O4. The van der Waals surface area contributed by atoms with Gasteiger partial charge in [0.05, 0.1) is 5.52 Å². The van der Waals surface area contributed by atoms with Crippen molar-refractivity contribution in [2.75, 3.05) is 5.73 Å². The summed E-state index contributed by atoms with van der Waals surface area (Å²) >= 11 is 3.14. The molecule has 0 aliphatic heterocycles. The molecular weight excluding hydrogens is 545 g/mol. The minimum atomic E-state index is -1.58. The summed E-state index contributed by atoms with van der Waals surface area (Å²) in [6.07, 6.45) is 0. The van der Waals surface area contributed by atoms with Crippen LogP contribution in [0.1, 0.15) is 17.3 Å². The number of nitrogens with two attached hydrogens (primary N) is 1. The van der Waals surface area contributed by atoms with Crippen molar-refractivity contribution in [3.63, 3.8) is 0 Å². The van der Waals surface area contributed by atoms with Gasteiger partial charge in [0.25, 0.3) is 5.56 Å². The molecule has 6 nitrogen and oxygen atoms in total. The number of hydrogen-bond acceptors (Lipinski definition) is 5. The van der Waals surface area contributed by atoms with E-state index in [2.05, 4.69) is 20.9 Å². The number of anilines is 1. The van der Waals surface area contributed by atoms with E-state index in [0.29, 0.717) is 22.2 Å². The van der Waals surface area contributed by atoms with Crippen molar-refractivity contribution in [2.45, 2.75) is 6.92 Å². The molecule has 188 valence electrons. The SMILES string of the molecule is CC(=O)c1ccccc1B(O)O.Nc1cc(F)ccc1Br.O=c1[nH]c2cc(F)ccc2c2ccccc12. The van der Waals surface area contributed by atoms with Crippen LogP contribution in [0.15, 0.2) is 94.2 Å². The molecule has 5 aromatic rings.